The molecule has 4 rings (SSSR count). The largest absolute Gasteiger partial charge is 0.507 e. The zero-order valence-corrected chi connectivity index (χ0v) is 15.1. The Kier molecular flexibility index (Phi) is 4.47. The van der Waals surface area contributed by atoms with Crippen molar-refractivity contribution in [2.45, 2.75) is 19.9 Å². The molecule has 0 fully saturated rings. The van der Waals surface area contributed by atoms with Gasteiger partial charge < -0.3 is 5.11 Å². The number of rotatable bonds is 4. The van der Waals surface area contributed by atoms with Crippen LogP contribution in [0, 0.1) is 6.92 Å². The highest BCUT2D eigenvalue weighted by Crippen LogP contribution is 2.28. The van der Waals surface area contributed by atoms with Gasteiger partial charge >= 0.3 is 0 Å². The molecule has 3 aromatic carbocycles. The van der Waals surface area contributed by atoms with Crippen molar-refractivity contribution in [3.05, 3.63) is 94.3 Å². The molecule has 4 aromatic rings. The minimum atomic E-state index is -0.0853. The number of nitrogens with zero attached hydrogens (tertiary/aromatic N) is 2. The van der Waals surface area contributed by atoms with Gasteiger partial charge in [-0.25, -0.2) is 4.98 Å². The van der Waals surface area contributed by atoms with E-state index >= 15 is 0 Å². The number of phenolic OH excluding ortho intramolecular Hbond substituents is 1. The van der Waals surface area contributed by atoms with E-state index in [0.29, 0.717) is 35.3 Å². The van der Waals surface area contributed by atoms with Crippen molar-refractivity contribution >= 4 is 10.9 Å². The molecule has 1 aromatic heterocycles. The van der Waals surface area contributed by atoms with Gasteiger partial charge in [-0.15, -0.1) is 0 Å². The summed E-state index contributed by atoms with van der Waals surface area (Å²) >= 11 is 0. The fourth-order valence-corrected chi connectivity index (χ4v) is 3.35. The van der Waals surface area contributed by atoms with Gasteiger partial charge in [0.2, 0.25) is 0 Å². The van der Waals surface area contributed by atoms with E-state index in [0.717, 1.165) is 11.1 Å². The quantitative estimate of drug-likeness (QED) is 0.592. The summed E-state index contributed by atoms with van der Waals surface area (Å²) in [5.74, 6) is 0.613. The molecule has 0 unspecified atom stereocenters. The summed E-state index contributed by atoms with van der Waals surface area (Å²) in [6.45, 7) is 2.43. The van der Waals surface area contributed by atoms with Crippen molar-refractivity contribution < 1.29 is 5.11 Å². The lowest BCUT2D eigenvalue weighted by Gasteiger charge is -2.15. The molecular weight excluding hydrogens is 336 g/mol. The van der Waals surface area contributed by atoms with E-state index in [1.54, 1.807) is 22.8 Å². The van der Waals surface area contributed by atoms with Crippen LogP contribution in [0.4, 0.5) is 0 Å². The van der Waals surface area contributed by atoms with E-state index in [9.17, 15) is 9.90 Å². The molecule has 0 atom stereocenters. The van der Waals surface area contributed by atoms with Gasteiger partial charge in [0, 0.05) is 6.54 Å². The van der Waals surface area contributed by atoms with Crippen LogP contribution in [0.1, 0.15) is 11.1 Å². The number of aromatic hydroxyl groups is 1. The number of fused-ring (bicyclic) bond motifs is 1. The second-order valence-corrected chi connectivity index (χ2v) is 6.62. The number of aryl methyl sites for hydroxylation is 2. The van der Waals surface area contributed by atoms with Gasteiger partial charge in [0.25, 0.3) is 5.56 Å². The second-order valence-electron chi connectivity index (χ2n) is 6.62. The molecule has 0 aliphatic carbocycles. The van der Waals surface area contributed by atoms with Gasteiger partial charge in [-0.3, -0.25) is 9.36 Å². The first-order valence-corrected chi connectivity index (χ1v) is 8.97. The number of benzene rings is 3. The molecule has 4 nitrogen and oxygen atoms in total. The van der Waals surface area contributed by atoms with E-state index < -0.39 is 0 Å². The van der Waals surface area contributed by atoms with Crippen LogP contribution in [0.5, 0.6) is 5.75 Å². The maximum atomic E-state index is 13.2. The third-order valence-corrected chi connectivity index (χ3v) is 4.80. The van der Waals surface area contributed by atoms with Gasteiger partial charge in [-0.1, -0.05) is 54.6 Å². The first-order chi connectivity index (χ1) is 13.1. The predicted octanol–water partition coefficient (Wildman–Crippen LogP) is 4.32. The fraction of sp³-hybridized carbons (Fsp3) is 0.130. The third-order valence-electron chi connectivity index (χ3n) is 4.80. The molecule has 0 aliphatic rings. The summed E-state index contributed by atoms with van der Waals surface area (Å²) in [6, 6.07) is 22.7. The summed E-state index contributed by atoms with van der Waals surface area (Å²) in [4.78, 5) is 18.0. The molecular formula is C23H20N2O2. The molecule has 4 heteroatoms. The molecule has 0 saturated heterocycles. The molecule has 0 aliphatic heterocycles. The number of hydrogen-bond acceptors (Lipinski definition) is 3. The van der Waals surface area contributed by atoms with Crippen molar-refractivity contribution in [1.29, 1.82) is 0 Å². The van der Waals surface area contributed by atoms with E-state index in [1.165, 1.54) is 0 Å². The minimum absolute atomic E-state index is 0.0853. The lowest BCUT2D eigenvalue weighted by molar-refractivity contribution is 0.476. The average molecular weight is 356 g/mol. The van der Waals surface area contributed by atoms with Crippen LogP contribution < -0.4 is 5.56 Å². The number of phenols is 1. The van der Waals surface area contributed by atoms with Crippen LogP contribution in [-0.4, -0.2) is 14.7 Å². The summed E-state index contributed by atoms with van der Waals surface area (Å²) < 4.78 is 1.67. The Balaban J connectivity index is 1.92. The highest BCUT2D eigenvalue weighted by Gasteiger charge is 2.16. The van der Waals surface area contributed by atoms with Crippen molar-refractivity contribution in [2.75, 3.05) is 0 Å². The molecule has 1 N–H and O–H groups in total. The van der Waals surface area contributed by atoms with E-state index in [1.807, 2.05) is 61.5 Å². The Bertz CT molecular complexity index is 1160. The monoisotopic (exact) mass is 356 g/mol. The Morgan fingerprint density at radius 1 is 0.926 bits per heavy atom. The Labute approximate surface area is 157 Å². The number of hydrogen-bond donors (Lipinski definition) is 1. The predicted molar refractivity (Wildman–Crippen MR) is 108 cm³/mol. The van der Waals surface area contributed by atoms with Crippen molar-refractivity contribution in [3.63, 3.8) is 0 Å². The molecule has 0 bridgehead atoms. The molecule has 27 heavy (non-hydrogen) atoms. The van der Waals surface area contributed by atoms with Crippen LogP contribution >= 0.6 is 0 Å². The highest BCUT2D eigenvalue weighted by molar-refractivity contribution is 5.83. The highest BCUT2D eigenvalue weighted by atomic mass is 16.3. The van der Waals surface area contributed by atoms with Crippen LogP contribution in [0.3, 0.4) is 0 Å². The van der Waals surface area contributed by atoms with Gasteiger partial charge in [0.1, 0.15) is 11.6 Å². The number of para-hydroxylation sites is 2. The average Bonchev–Trinajstić information content (AvgIpc) is 2.69. The normalized spacial score (nSPS) is 11.0. The van der Waals surface area contributed by atoms with E-state index in [-0.39, 0.29) is 11.3 Å². The van der Waals surface area contributed by atoms with E-state index in [2.05, 4.69) is 0 Å². The lowest BCUT2D eigenvalue weighted by atomic mass is 10.1. The third kappa shape index (κ3) is 3.22. The Morgan fingerprint density at radius 3 is 2.44 bits per heavy atom. The van der Waals surface area contributed by atoms with Gasteiger partial charge in [0.15, 0.2) is 0 Å². The first kappa shape index (κ1) is 17.0. The Morgan fingerprint density at radius 2 is 1.67 bits per heavy atom. The summed E-state index contributed by atoms with van der Waals surface area (Å²) in [5, 5.41) is 10.9. The molecule has 1 heterocycles. The smallest absolute Gasteiger partial charge is 0.261 e. The molecule has 0 amide bonds. The van der Waals surface area contributed by atoms with Crippen molar-refractivity contribution in [2.24, 2.45) is 0 Å². The summed E-state index contributed by atoms with van der Waals surface area (Å²) in [5.41, 5.74) is 3.25. The lowest BCUT2D eigenvalue weighted by Crippen LogP contribution is -2.24. The zero-order valence-electron chi connectivity index (χ0n) is 15.1. The summed E-state index contributed by atoms with van der Waals surface area (Å²) in [7, 11) is 0. The zero-order chi connectivity index (χ0) is 18.8. The number of aromatic nitrogens is 2. The standard InChI is InChI=1S/C23H20N2O2/c1-16-8-7-12-19-21(16)24-22(18-11-5-6-13-20(18)26)25(23(19)27)15-14-17-9-3-2-4-10-17/h2-13,26H,14-15H2,1H3. The first-order valence-electron chi connectivity index (χ1n) is 8.97. The summed E-state index contributed by atoms with van der Waals surface area (Å²) in [6.07, 6.45) is 0.709. The van der Waals surface area contributed by atoms with Crippen molar-refractivity contribution in [3.8, 4) is 17.1 Å². The SMILES string of the molecule is Cc1cccc2c(=O)n(CCc3ccccc3)c(-c3ccccc3O)nc12. The molecule has 0 saturated carbocycles. The van der Waals surface area contributed by atoms with Gasteiger partial charge in [-0.2, -0.15) is 0 Å². The molecule has 134 valence electrons. The Hall–Kier alpha value is -3.40. The fourth-order valence-electron chi connectivity index (χ4n) is 3.35. The van der Waals surface area contributed by atoms with Crippen LogP contribution in [0.25, 0.3) is 22.3 Å². The van der Waals surface area contributed by atoms with Crippen LogP contribution in [0.2, 0.25) is 0 Å². The van der Waals surface area contributed by atoms with Gasteiger partial charge in [-0.05, 0) is 42.7 Å². The molecule has 0 spiro atoms. The maximum absolute atomic E-state index is 13.2. The topological polar surface area (TPSA) is 55.1 Å². The minimum Gasteiger partial charge on any atom is -0.507 e. The second kappa shape index (κ2) is 7.08. The maximum Gasteiger partial charge on any atom is 0.261 e. The van der Waals surface area contributed by atoms with Crippen molar-refractivity contribution in [1.82, 2.24) is 9.55 Å². The van der Waals surface area contributed by atoms with E-state index in [4.69, 9.17) is 4.98 Å². The van der Waals surface area contributed by atoms with Gasteiger partial charge in [0.05, 0.1) is 16.5 Å². The molecule has 0 radical (unpaired) electrons. The van der Waals surface area contributed by atoms with Crippen LogP contribution in [0.15, 0.2) is 77.6 Å². The van der Waals surface area contributed by atoms with Crippen LogP contribution in [-0.2, 0) is 13.0 Å².